The van der Waals surface area contributed by atoms with Crippen molar-refractivity contribution in [2.75, 3.05) is 46.2 Å². The first-order valence-electron chi connectivity index (χ1n) is 33.2. The van der Waals surface area contributed by atoms with E-state index in [4.69, 9.17) is 61.6 Å². The summed E-state index contributed by atoms with van der Waals surface area (Å²) in [6.45, 7) is 4.46. The highest BCUT2D eigenvalue weighted by Crippen LogP contribution is 2.71. The fraction of sp³-hybridized carbons (Fsp3) is 1.00. The minimum absolute atomic E-state index is 0.0603. The average molecular weight is 1350 g/mol. The molecule has 0 aromatic carbocycles. The predicted molar refractivity (Wildman–Crippen MR) is 305 cm³/mol. The molecule has 32 heteroatoms. The van der Waals surface area contributed by atoms with Gasteiger partial charge in [0.05, 0.1) is 58.5 Å². The second-order valence-electron chi connectivity index (χ2n) is 29.0. The van der Waals surface area contributed by atoms with Crippen LogP contribution >= 0.6 is 0 Å². The lowest BCUT2D eigenvalue weighted by Gasteiger charge is -2.61. The number of ether oxygens (including phenoxy) is 13. The van der Waals surface area contributed by atoms with Crippen molar-refractivity contribution in [3.63, 3.8) is 0 Å². The summed E-state index contributed by atoms with van der Waals surface area (Å²) in [5.41, 5.74) is -0.139. The Labute approximate surface area is 537 Å². The number of hydrogen-bond acceptors (Lipinski definition) is 32. The van der Waals surface area contributed by atoms with Gasteiger partial charge in [-0.15, -0.1) is 0 Å². The third kappa shape index (κ3) is 13.8. The summed E-state index contributed by atoms with van der Waals surface area (Å²) in [7, 11) is 0. The van der Waals surface area contributed by atoms with Gasteiger partial charge in [0.15, 0.2) is 43.5 Å². The lowest BCUT2D eigenvalue weighted by molar-refractivity contribution is -0.408. The summed E-state index contributed by atoms with van der Waals surface area (Å²) in [5, 5.41) is 206. The standard InChI is InChI=1S/C61H102O32/c1-22(19-81-53-46(77)42(73)39(70)32(15-62)85-53)7-12-61(80)23(2)36-31(93-61)14-28-26-6-5-24-13-25(8-10-59(24,3)27(26)9-11-60(28,36)4)84-56-47(78)43(74)49(35(18-65)88-56)89-58-52(51(41(72)34(17-64)87-58)91-55-45(76)38(69)30(67)21-83-55)92-57-48(79)50(40(71)33(16-63)86-57)90-54-44(75)37(68)29(66)20-82-54/h22-58,62-80H,5-21H2,1-4H3/t22-,23-,24+,25-,26+,27+,28+,29-,30+,31+,32-,33-,34+,35-,36-,37-,38-,39+,40+,41+,42-,43+,44-,45+,46+,47-,48+,49+,50+,51+,52-,53+,54+,55+,56-,57-,58-,59+,60-,61-/m1/s1. The van der Waals surface area contributed by atoms with E-state index in [0.29, 0.717) is 43.4 Å². The molecule has 0 aromatic heterocycles. The molecule has 19 N–H and O–H groups in total. The molecule has 11 rings (SSSR count). The quantitative estimate of drug-likeness (QED) is 0.0504. The van der Waals surface area contributed by atoms with Crippen molar-refractivity contribution in [2.24, 2.45) is 52.3 Å². The van der Waals surface area contributed by atoms with Crippen LogP contribution in [-0.2, 0) is 61.6 Å². The first-order chi connectivity index (χ1) is 44.1. The predicted octanol–water partition coefficient (Wildman–Crippen LogP) is -7.03. The van der Waals surface area contributed by atoms with Crippen LogP contribution in [0.25, 0.3) is 0 Å². The summed E-state index contributed by atoms with van der Waals surface area (Å²) in [4.78, 5) is 0. The third-order valence-electron chi connectivity index (χ3n) is 23.5. The van der Waals surface area contributed by atoms with E-state index in [1.807, 2.05) is 6.92 Å². The molecule has 40 atom stereocenters. The van der Waals surface area contributed by atoms with E-state index in [9.17, 15) is 97.0 Å². The highest BCUT2D eigenvalue weighted by Gasteiger charge is 2.69. The minimum Gasteiger partial charge on any atom is -0.394 e. The van der Waals surface area contributed by atoms with Gasteiger partial charge in [-0.1, -0.05) is 27.7 Å². The molecule has 0 unspecified atom stereocenters. The van der Waals surface area contributed by atoms with Crippen LogP contribution in [0.15, 0.2) is 0 Å². The van der Waals surface area contributed by atoms with Crippen LogP contribution in [0.2, 0.25) is 0 Å². The summed E-state index contributed by atoms with van der Waals surface area (Å²) in [6.07, 6.45) is -41.9. The molecular formula is C61H102O32. The zero-order valence-corrected chi connectivity index (χ0v) is 52.7. The topological polar surface area (TPSA) is 504 Å². The number of rotatable bonds is 20. The van der Waals surface area contributed by atoms with Gasteiger partial charge >= 0.3 is 0 Å². The van der Waals surface area contributed by atoms with E-state index in [0.717, 1.165) is 38.5 Å². The lowest BCUT2D eigenvalue weighted by Crippen LogP contribution is -2.69. The third-order valence-corrected chi connectivity index (χ3v) is 23.5. The van der Waals surface area contributed by atoms with Gasteiger partial charge in [0.2, 0.25) is 0 Å². The Morgan fingerprint density at radius 1 is 0.462 bits per heavy atom. The molecule has 0 radical (unpaired) electrons. The number of hydrogen-bond donors (Lipinski definition) is 19. The molecule has 7 heterocycles. The Bertz CT molecular complexity index is 2410. The van der Waals surface area contributed by atoms with Crippen molar-refractivity contribution < 1.29 is 159 Å². The second-order valence-corrected chi connectivity index (χ2v) is 29.0. The van der Waals surface area contributed by atoms with Crippen molar-refractivity contribution in [3.8, 4) is 0 Å². The minimum atomic E-state index is -2.14. The molecule has 0 spiro atoms. The Balaban J connectivity index is 0.730. The molecule has 538 valence electrons. The maximum Gasteiger partial charge on any atom is 0.187 e. The van der Waals surface area contributed by atoms with Gasteiger partial charge in [0.25, 0.3) is 0 Å². The van der Waals surface area contributed by atoms with Crippen LogP contribution < -0.4 is 0 Å². The summed E-state index contributed by atoms with van der Waals surface area (Å²) in [6, 6.07) is 0. The molecule has 0 bridgehead atoms. The van der Waals surface area contributed by atoms with Crippen LogP contribution in [-0.4, -0.2) is 333 Å². The van der Waals surface area contributed by atoms with Crippen LogP contribution in [0.4, 0.5) is 0 Å². The van der Waals surface area contributed by atoms with Crippen molar-refractivity contribution >= 4 is 0 Å². The largest absolute Gasteiger partial charge is 0.394 e. The van der Waals surface area contributed by atoms with Crippen LogP contribution in [0.5, 0.6) is 0 Å². The molecular weight excluding hydrogens is 1240 g/mol. The molecule has 0 amide bonds. The molecule has 32 nitrogen and oxygen atoms in total. The van der Waals surface area contributed by atoms with Gasteiger partial charge in [0, 0.05) is 12.3 Å². The van der Waals surface area contributed by atoms with Crippen LogP contribution in [0, 0.1) is 52.3 Å². The smallest absolute Gasteiger partial charge is 0.187 e. The number of aliphatic hydroxyl groups excluding tert-OH is 18. The lowest BCUT2D eigenvalue weighted by atomic mass is 9.44. The molecule has 4 saturated carbocycles. The number of aliphatic hydroxyl groups is 19. The normalized spacial score (nSPS) is 55.4. The zero-order valence-electron chi connectivity index (χ0n) is 52.7. The Kier molecular flexibility index (Phi) is 23.0. The molecule has 11 aliphatic rings. The summed E-state index contributed by atoms with van der Waals surface area (Å²) < 4.78 is 77.8. The van der Waals surface area contributed by atoms with E-state index in [-0.39, 0.29) is 47.2 Å². The van der Waals surface area contributed by atoms with E-state index in [2.05, 4.69) is 20.8 Å². The first-order valence-corrected chi connectivity index (χ1v) is 33.2. The Hall–Kier alpha value is -1.28. The van der Waals surface area contributed by atoms with Crippen molar-refractivity contribution in [1.29, 1.82) is 0 Å². The summed E-state index contributed by atoms with van der Waals surface area (Å²) in [5.74, 6) is -0.0870. The van der Waals surface area contributed by atoms with Crippen LogP contribution in [0.3, 0.4) is 0 Å². The van der Waals surface area contributed by atoms with Crippen molar-refractivity contribution in [2.45, 2.75) is 282 Å². The van der Waals surface area contributed by atoms with Crippen LogP contribution in [0.1, 0.15) is 91.9 Å². The van der Waals surface area contributed by atoms with Gasteiger partial charge in [-0.25, -0.2) is 0 Å². The average Bonchev–Trinajstić information content (AvgIpc) is 1.57. The van der Waals surface area contributed by atoms with Crippen molar-refractivity contribution in [1.82, 2.24) is 0 Å². The van der Waals surface area contributed by atoms with E-state index in [1.165, 1.54) is 0 Å². The maximum atomic E-state index is 12.2. The molecule has 4 aliphatic carbocycles. The van der Waals surface area contributed by atoms with E-state index in [1.54, 1.807) is 0 Å². The SMILES string of the molecule is C[C@H](CC[C@@]1(O)O[C@H]2C[C@H]3[C@H]4CC[C@H]5C[C@H](O[C@@H]6O[C@H](CO)[C@H](O[C@H]7O[C@@H](CO)[C@H](O)[C@H](O[C@@H]8OC[C@H](O)[C@@H](O)[C@@H]8O)[C@H]7O[C@H]7O[C@H](CO)[C@H](O)[C@H](O[C@@H]8OC[C@@H](O)[C@@H](O)[C@H]8O)[C@@H]7O)[C@@H](O)[C@H]6O)CC[C@]5(C)[C@H]4CC[C@@]3(C)[C@@H]2[C@H]1C)CO[C@H]1O[C@H](CO)[C@H](O)[C@@H](O)[C@@H]1O. The fourth-order valence-corrected chi connectivity index (χ4v) is 18.0. The van der Waals surface area contributed by atoms with Crippen molar-refractivity contribution in [3.05, 3.63) is 0 Å². The monoisotopic (exact) mass is 1350 g/mol. The Morgan fingerprint density at radius 2 is 0.978 bits per heavy atom. The second kappa shape index (κ2) is 29.4. The van der Waals surface area contributed by atoms with E-state index < -0.39 is 224 Å². The first kappa shape index (κ1) is 73.0. The van der Waals surface area contributed by atoms with Gasteiger partial charge in [-0.05, 0) is 104 Å². The highest BCUT2D eigenvalue weighted by atomic mass is 16.8. The zero-order chi connectivity index (χ0) is 67.1. The Morgan fingerprint density at radius 3 is 1.61 bits per heavy atom. The summed E-state index contributed by atoms with van der Waals surface area (Å²) >= 11 is 0. The number of fused-ring (bicyclic) bond motifs is 7. The van der Waals surface area contributed by atoms with Gasteiger partial charge < -0.3 is 159 Å². The van der Waals surface area contributed by atoms with Gasteiger partial charge in [-0.2, -0.15) is 0 Å². The molecule has 11 fully saturated rings. The molecule has 0 aromatic rings. The van der Waals surface area contributed by atoms with Gasteiger partial charge in [-0.3, -0.25) is 0 Å². The molecule has 93 heavy (non-hydrogen) atoms. The maximum absolute atomic E-state index is 12.2. The van der Waals surface area contributed by atoms with Gasteiger partial charge in [0.1, 0.15) is 134 Å². The molecule has 7 aliphatic heterocycles. The molecule has 7 saturated heterocycles. The van der Waals surface area contributed by atoms with E-state index >= 15 is 0 Å². The highest BCUT2D eigenvalue weighted by molar-refractivity contribution is 5.15. The fourth-order valence-electron chi connectivity index (χ4n) is 18.0.